The van der Waals surface area contributed by atoms with Crippen molar-refractivity contribution in [3.63, 3.8) is 0 Å². The Morgan fingerprint density at radius 3 is 3.05 bits per heavy atom. The summed E-state index contributed by atoms with van der Waals surface area (Å²) >= 11 is 0. The fourth-order valence-electron chi connectivity index (χ4n) is 2.65. The molecule has 3 rings (SSSR count). The van der Waals surface area contributed by atoms with Gasteiger partial charge in [0, 0.05) is 17.7 Å². The molecule has 2 heterocycles. The molecule has 3 N–H and O–H groups in total. The van der Waals surface area contributed by atoms with E-state index in [2.05, 4.69) is 4.98 Å². The van der Waals surface area contributed by atoms with Gasteiger partial charge < -0.3 is 15.6 Å². The standard InChI is InChI=1S/C16H18N2O2/c1-10-6-13(16(17)18-8-10)15(19)12-7-11-4-2-3-5-14(11)20-9-12/h2-6,8,12,15,19H,7,9H2,1H3,(H2,17,18). The molecule has 0 amide bonds. The molecule has 20 heavy (non-hydrogen) atoms. The largest absolute Gasteiger partial charge is 0.493 e. The maximum absolute atomic E-state index is 10.6. The summed E-state index contributed by atoms with van der Waals surface area (Å²) in [4.78, 5) is 4.12. The number of fused-ring (bicyclic) bond motifs is 1. The number of para-hydroxylation sites is 1. The summed E-state index contributed by atoms with van der Waals surface area (Å²) < 4.78 is 5.73. The number of anilines is 1. The second kappa shape index (κ2) is 5.13. The number of aryl methyl sites for hydroxylation is 1. The summed E-state index contributed by atoms with van der Waals surface area (Å²) in [6.45, 7) is 2.43. The Kier molecular flexibility index (Phi) is 3.32. The molecule has 0 spiro atoms. The van der Waals surface area contributed by atoms with Crippen molar-refractivity contribution >= 4 is 5.82 Å². The lowest BCUT2D eigenvalue weighted by Gasteiger charge is -2.29. The van der Waals surface area contributed by atoms with E-state index in [0.717, 1.165) is 23.3 Å². The fourth-order valence-corrected chi connectivity index (χ4v) is 2.65. The first-order chi connectivity index (χ1) is 9.65. The van der Waals surface area contributed by atoms with Gasteiger partial charge in [-0.3, -0.25) is 0 Å². The molecule has 1 aromatic carbocycles. The number of rotatable bonds is 2. The third-order valence-corrected chi connectivity index (χ3v) is 3.76. The highest BCUT2D eigenvalue weighted by Crippen LogP contribution is 2.34. The Hall–Kier alpha value is -2.07. The molecular weight excluding hydrogens is 252 g/mol. The molecule has 0 saturated heterocycles. The molecule has 2 aromatic rings. The Morgan fingerprint density at radius 2 is 2.20 bits per heavy atom. The van der Waals surface area contributed by atoms with Crippen molar-refractivity contribution < 1.29 is 9.84 Å². The van der Waals surface area contributed by atoms with Crippen molar-refractivity contribution in [2.45, 2.75) is 19.4 Å². The summed E-state index contributed by atoms with van der Waals surface area (Å²) in [5, 5.41) is 10.6. The van der Waals surface area contributed by atoms with Crippen LogP contribution in [0.15, 0.2) is 36.5 Å². The number of aliphatic hydroxyl groups excluding tert-OH is 1. The lowest BCUT2D eigenvalue weighted by molar-refractivity contribution is 0.0648. The molecule has 4 nitrogen and oxygen atoms in total. The van der Waals surface area contributed by atoms with Crippen LogP contribution in [-0.2, 0) is 6.42 Å². The zero-order valence-electron chi connectivity index (χ0n) is 11.4. The van der Waals surface area contributed by atoms with Crippen LogP contribution < -0.4 is 10.5 Å². The van der Waals surface area contributed by atoms with Crippen LogP contribution in [0.5, 0.6) is 5.75 Å². The average Bonchev–Trinajstić information content (AvgIpc) is 2.48. The second-order valence-corrected chi connectivity index (χ2v) is 5.31. The highest BCUT2D eigenvalue weighted by Gasteiger charge is 2.28. The topological polar surface area (TPSA) is 68.4 Å². The van der Waals surface area contributed by atoms with E-state index in [1.54, 1.807) is 6.20 Å². The fraction of sp³-hybridized carbons (Fsp3) is 0.312. The van der Waals surface area contributed by atoms with Gasteiger partial charge in [0.25, 0.3) is 0 Å². The minimum Gasteiger partial charge on any atom is -0.493 e. The molecule has 0 radical (unpaired) electrons. The van der Waals surface area contributed by atoms with E-state index >= 15 is 0 Å². The van der Waals surface area contributed by atoms with Gasteiger partial charge in [-0.1, -0.05) is 18.2 Å². The van der Waals surface area contributed by atoms with Crippen LogP contribution in [0.25, 0.3) is 0 Å². The second-order valence-electron chi connectivity index (χ2n) is 5.31. The Bertz CT molecular complexity index is 628. The SMILES string of the molecule is Cc1cnc(N)c(C(O)C2COc3ccccc3C2)c1. The summed E-state index contributed by atoms with van der Waals surface area (Å²) in [6.07, 6.45) is 1.83. The number of hydrogen-bond acceptors (Lipinski definition) is 4. The predicted molar refractivity (Wildman–Crippen MR) is 77.5 cm³/mol. The zero-order valence-corrected chi connectivity index (χ0v) is 11.4. The molecule has 1 aliphatic rings. The summed E-state index contributed by atoms with van der Waals surface area (Å²) in [5.41, 5.74) is 8.69. The van der Waals surface area contributed by atoms with Crippen LogP contribution in [0.3, 0.4) is 0 Å². The number of hydrogen-bond donors (Lipinski definition) is 2. The highest BCUT2D eigenvalue weighted by atomic mass is 16.5. The van der Waals surface area contributed by atoms with E-state index in [-0.39, 0.29) is 5.92 Å². The van der Waals surface area contributed by atoms with Gasteiger partial charge in [0.1, 0.15) is 11.6 Å². The molecule has 2 atom stereocenters. The first-order valence-corrected chi connectivity index (χ1v) is 6.76. The maximum atomic E-state index is 10.6. The predicted octanol–water partition coefficient (Wildman–Crippen LogP) is 2.26. The number of benzene rings is 1. The van der Waals surface area contributed by atoms with Gasteiger partial charge in [0.15, 0.2) is 0 Å². The van der Waals surface area contributed by atoms with E-state index in [1.165, 1.54) is 0 Å². The molecule has 1 aliphatic heterocycles. The molecule has 0 fully saturated rings. The molecule has 104 valence electrons. The molecule has 4 heteroatoms. The van der Waals surface area contributed by atoms with Crippen molar-refractivity contribution in [1.82, 2.24) is 4.98 Å². The van der Waals surface area contributed by atoms with Crippen molar-refractivity contribution in [3.8, 4) is 5.75 Å². The van der Waals surface area contributed by atoms with E-state index in [4.69, 9.17) is 10.5 Å². The summed E-state index contributed by atoms with van der Waals surface area (Å²) in [7, 11) is 0. The van der Waals surface area contributed by atoms with Gasteiger partial charge in [-0.2, -0.15) is 0 Å². The van der Waals surface area contributed by atoms with Crippen LogP contribution >= 0.6 is 0 Å². The normalized spacial score (nSPS) is 19.0. The number of pyridine rings is 1. The Balaban J connectivity index is 1.85. The van der Waals surface area contributed by atoms with Gasteiger partial charge in [-0.05, 0) is 36.6 Å². The van der Waals surface area contributed by atoms with Crippen LogP contribution in [0.2, 0.25) is 0 Å². The lowest BCUT2D eigenvalue weighted by Crippen LogP contribution is -2.27. The number of nitrogens with zero attached hydrogens (tertiary/aromatic N) is 1. The van der Waals surface area contributed by atoms with Crippen molar-refractivity contribution in [2.24, 2.45) is 5.92 Å². The monoisotopic (exact) mass is 270 g/mol. The average molecular weight is 270 g/mol. The van der Waals surface area contributed by atoms with Gasteiger partial charge >= 0.3 is 0 Å². The van der Waals surface area contributed by atoms with Gasteiger partial charge in [0.05, 0.1) is 12.7 Å². The van der Waals surface area contributed by atoms with Crippen LogP contribution in [0.1, 0.15) is 22.8 Å². The smallest absolute Gasteiger partial charge is 0.129 e. The number of nitrogen functional groups attached to an aromatic ring is 1. The molecule has 2 unspecified atom stereocenters. The van der Waals surface area contributed by atoms with Crippen molar-refractivity contribution in [1.29, 1.82) is 0 Å². The van der Waals surface area contributed by atoms with Gasteiger partial charge in [0.2, 0.25) is 0 Å². The van der Waals surface area contributed by atoms with Crippen molar-refractivity contribution in [3.05, 3.63) is 53.2 Å². The van der Waals surface area contributed by atoms with E-state index in [1.807, 2.05) is 37.3 Å². The van der Waals surface area contributed by atoms with Crippen LogP contribution in [0, 0.1) is 12.8 Å². The third kappa shape index (κ3) is 2.34. The Labute approximate surface area is 118 Å². The number of aliphatic hydroxyl groups is 1. The quantitative estimate of drug-likeness (QED) is 0.878. The maximum Gasteiger partial charge on any atom is 0.129 e. The number of aromatic nitrogens is 1. The van der Waals surface area contributed by atoms with E-state index in [9.17, 15) is 5.11 Å². The first kappa shape index (κ1) is 12.9. The van der Waals surface area contributed by atoms with Crippen molar-refractivity contribution in [2.75, 3.05) is 12.3 Å². The van der Waals surface area contributed by atoms with Gasteiger partial charge in [-0.15, -0.1) is 0 Å². The summed E-state index contributed by atoms with van der Waals surface area (Å²) in [6, 6.07) is 9.83. The third-order valence-electron chi connectivity index (χ3n) is 3.76. The first-order valence-electron chi connectivity index (χ1n) is 6.76. The number of nitrogens with two attached hydrogens (primary N) is 1. The van der Waals surface area contributed by atoms with Crippen LogP contribution in [-0.4, -0.2) is 16.7 Å². The molecule has 0 saturated carbocycles. The van der Waals surface area contributed by atoms with E-state index in [0.29, 0.717) is 18.0 Å². The highest BCUT2D eigenvalue weighted by molar-refractivity contribution is 5.43. The van der Waals surface area contributed by atoms with Crippen LogP contribution in [0.4, 0.5) is 5.82 Å². The van der Waals surface area contributed by atoms with E-state index < -0.39 is 6.10 Å². The minimum absolute atomic E-state index is 0.00389. The molecule has 0 aliphatic carbocycles. The molecule has 0 bridgehead atoms. The Morgan fingerprint density at radius 1 is 1.40 bits per heavy atom. The molecule has 1 aromatic heterocycles. The minimum atomic E-state index is -0.657. The number of ether oxygens (including phenoxy) is 1. The molecular formula is C16H18N2O2. The zero-order chi connectivity index (χ0) is 14.1. The lowest BCUT2D eigenvalue weighted by atomic mass is 9.88. The summed E-state index contributed by atoms with van der Waals surface area (Å²) in [5.74, 6) is 1.30. The van der Waals surface area contributed by atoms with Gasteiger partial charge in [-0.25, -0.2) is 4.98 Å².